The normalized spacial score (nSPS) is 19.1. The highest BCUT2D eigenvalue weighted by Gasteiger charge is 2.31. The Balaban J connectivity index is 1.99. The average Bonchev–Trinajstić information content (AvgIpc) is 2.71. The van der Waals surface area contributed by atoms with Crippen molar-refractivity contribution in [2.24, 2.45) is 0 Å². The van der Waals surface area contributed by atoms with Crippen molar-refractivity contribution < 1.29 is 4.79 Å². The number of anilines is 1. The molecule has 0 aliphatic carbocycles. The first kappa shape index (κ1) is 12.4. The summed E-state index contributed by atoms with van der Waals surface area (Å²) < 4.78 is 0. The quantitative estimate of drug-likeness (QED) is 0.872. The van der Waals surface area contributed by atoms with Gasteiger partial charge in [0.05, 0.1) is 11.6 Å². The number of carbonyl (C=O) groups is 1. The SMILES string of the molecule is CC(C)N1C[C@@H](Nc2ccc(C#N)cn2)CC1=O. The molecule has 1 saturated heterocycles. The second-order valence-corrected chi connectivity index (χ2v) is 4.73. The first-order chi connectivity index (χ1) is 8.60. The van der Waals surface area contributed by atoms with Gasteiger partial charge in [-0.1, -0.05) is 0 Å². The maximum atomic E-state index is 11.7. The van der Waals surface area contributed by atoms with E-state index in [0.29, 0.717) is 24.3 Å². The lowest BCUT2D eigenvalue weighted by atomic mass is 10.2. The van der Waals surface area contributed by atoms with Crippen molar-refractivity contribution in [1.29, 1.82) is 5.26 Å². The number of carbonyl (C=O) groups excluding carboxylic acids is 1. The topological polar surface area (TPSA) is 69.0 Å². The van der Waals surface area contributed by atoms with E-state index < -0.39 is 0 Å². The van der Waals surface area contributed by atoms with Gasteiger partial charge >= 0.3 is 0 Å². The van der Waals surface area contributed by atoms with E-state index in [4.69, 9.17) is 5.26 Å². The molecule has 18 heavy (non-hydrogen) atoms. The molecule has 5 nitrogen and oxygen atoms in total. The summed E-state index contributed by atoms with van der Waals surface area (Å²) in [5, 5.41) is 11.9. The van der Waals surface area contributed by atoms with Crippen molar-refractivity contribution >= 4 is 11.7 Å². The number of rotatable bonds is 3. The number of nitrogens with zero attached hydrogens (tertiary/aromatic N) is 3. The van der Waals surface area contributed by atoms with Gasteiger partial charge in [0, 0.05) is 25.2 Å². The van der Waals surface area contributed by atoms with Crippen molar-refractivity contribution in [3.05, 3.63) is 23.9 Å². The number of aromatic nitrogens is 1. The van der Waals surface area contributed by atoms with Crippen molar-refractivity contribution in [3.8, 4) is 6.07 Å². The molecule has 5 heteroatoms. The number of pyridine rings is 1. The Labute approximate surface area is 106 Å². The van der Waals surface area contributed by atoms with Gasteiger partial charge in [0.25, 0.3) is 0 Å². The molecule has 1 aromatic rings. The Morgan fingerprint density at radius 1 is 1.56 bits per heavy atom. The summed E-state index contributed by atoms with van der Waals surface area (Å²) in [5.41, 5.74) is 0.534. The van der Waals surface area contributed by atoms with Gasteiger partial charge in [-0.3, -0.25) is 4.79 Å². The Hall–Kier alpha value is -2.09. The third kappa shape index (κ3) is 2.59. The number of nitriles is 1. The van der Waals surface area contributed by atoms with E-state index in [2.05, 4.69) is 10.3 Å². The van der Waals surface area contributed by atoms with Crippen molar-refractivity contribution in [3.63, 3.8) is 0 Å². The maximum Gasteiger partial charge on any atom is 0.225 e. The van der Waals surface area contributed by atoms with Gasteiger partial charge in [0.15, 0.2) is 0 Å². The standard InChI is InChI=1S/C13H16N4O/c1-9(2)17-8-11(5-13(17)18)16-12-4-3-10(6-14)7-15-12/h3-4,7,9,11H,5,8H2,1-2H3,(H,15,16)/t11-/m0/s1. The molecule has 0 aromatic carbocycles. The van der Waals surface area contributed by atoms with Gasteiger partial charge in [-0.15, -0.1) is 0 Å². The first-order valence-electron chi connectivity index (χ1n) is 6.02. The minimum Gasteiger partial charge on any atom is -0.365 e. The molecule has 94 valence electrons. The molecule has 0 saturated carbocycles. The van der Waals surface area contributed by atoms with Gasteiger partial charge < -0.3 is 10.2 Å². The average molecular weight is 244 g/mol. The third-order valence-electron chi connectivity index (χ3n) is 3.03. The van der Waals surface area contributed by atoms with Crippen LogP contribution in [0.15, 0.2) is 18.3 Å². The summed E-state index contributed by atoms with van der Waals surface area (Å²) in [5.74, 6) is 0.883. The van der Waals surface area contributed by atoms with E-state index in [9.17, 15) is 4.79 Å². The molecule has 1 N–H and O–H groups in total. The van der Waals surface area contributed by atoms with E-state index in [-0.39, 0.29) is 18.0 Å². The zero-order valence-electron chi connectivity index (χ0n) is 10.6. The molecule has 1 aromatic heterocycles. The predicted molar refractivity (Wildman–Crippen MR) is 67.8 cm³/mol. The highest BCUT2D eigenvalue weighted by molar-refractivity contribution is 5.80. The van der Waals surface area contributed by atoms with Crippen LogP contribution in [0.2, 0.25) is 0 Å². The van der Waals surface area contributed by atoms with Gasteiger partial charge in [0.2, 0.25) is 5.91 Å². The molecule has 0 bridgehead atoms. The first-order valence-corrected chi connectivity index (χ1v) is 6.02. The molecule has 1 aliphatic rings. The molecule has 1 aliphatic heterocycles. The van der Waals surface area contributed by atoms with Crippen molar-refractivity contribution in [1.82, 2.24) is 9.88 Å². The van der Waals surface area contributed by atoms with Crippen LogP contribution in [0, 0.1) is 11.3 Å². The maximum absolute atomic E-state index is 11.7. The third-order valence-corrected chi connectivity index (χ3v) is 3.03. The molecular weight excluding hydrogens is 228 g/mol. The molecule has 0 spiro atoms. The summed E-state index contributed by atoms with van der Waals surface area (Å²) in [7, 11) is 0. The van der Waals surface area contributed by atoms with Crippen LogP contribution in [-0.2, 0) is 4.79 Å². The van der Waals surface area contributed by atoms with Crippen LogP contribution in [0.1, 0.15) is 25.8 Å². The molecule has 0 radical (unpaired) electrons. The largest absolute Gasteiger partial charge is 0.365 e. The Bertz CT molecular complexity index is 475. The van der Waals surface area contributed by atoms with Gasteiger partial charge in [-0.05, 0) is 26.0 Å². The number of hydrogen-bond acceptors (Lipinski definition) is 4. The molecule has 1 amide bonds. The second kappa shape index (κ2) is 5.05. The lowest BCUT2D eigenvalue weighted by Gasteiger charge is -2.21. The number of hydrogen-bond donors (Lipinski definition) is 1. The van der Waals surface area contributed by atoms with Crippen LogP contribution in [0.3, 0.4) is 0 Å². The molecular formula is C13H16N4O. The fourth-order valence-electron chi connectivity index (χ4n) is 2.08. The number of amides is 1. The molecule has 1 fully saturated rings. The minimum absolute atomic E-state index is 0.0975. The van der Waals surface area contributed by atoms with E-state index in [1.165, 1.54) is 6.20 Å². The fraction of sp³-hybridized carbons (Fsp3) is 0.462. The summed E-state index contributed by atoms with van der Waals surface area (Å²) in [4.78, 5) is 17.7. The molecule has 1 atom stereocenters. The van der Waals surface area contributed by atoms with E-state index >= 15 is 0 Å². The predicted octanol–water partition coefficient (Wildman–Crippen LogP) is 1.37. The van der Waals surface area contributed by atoms with Crippen LogP contribution in [0.25, 0.3) is 0 Å². The highest BCUT2D eigenvalue weighted by Crippen LogP contribution is 2.17. The molecule has 2 rings (SSSR count). The summed E-state index contributed by atoms with van der Waals surface area (Å²) in [6.07, 6.45) is 2.03. The van der Waals surface area contributed by atoms with Crippen LogP contribution in [0.5, 0.6) is 0 Å². The lowest BCUT2D eigenvalue weighted by Crippen LogP contribution is -2.33. The zero-order valence-corrected chi connectivity index (χ0v) is 10.6. The minimum atomic E-state index is 0.0975. The molecule has 2 heterocycles. The molecule has 0 unspecified atom stereocenters. The number of likely N-dealkylation sites (tertiary alicyclic amines) is 1. The second-order valence-electron chi connectivity index (χ2n) is 4.73. The smallest absolute Gasteiger partial charge is 0.225 e. The van der Waals surface area contributed by atoms with Crippen LogP contribution in [0.4, 0.5) is 5.82 Å². The van der Waals surface area contributed by atoms with Gasteiger partial charge in [0.1, 0.15) is 11.9 Å². The summed E-state index contributed by atoms with van der Waals surface area (Å²) in [6, 6.07) is 5.84. The Morgan fingerprint density at radius 2 is 2.33 bits per heavy atom. The van der Waals surface area contributed by atoms with Crippen molar-refractivity contribution in [2.75, 3.05) is 11.9 Å². The van der Waals surface area contributed by atoms with Gasteiger partial charge in [-0.25, -0.2) is 4.98 Å². The Kier molecular flexibility index (Phi) is 3.47. The van der Waals surface area contributed by atoms with E-state index in [1.54, 1.807) is 12.1 Å². The summed E-state index contributed by atoms with van der Waals surface area (Å²) >= 11 is 0. The van der Waals surface area contributed by atoms with E-state index in [0.717, 1.165) is 0 Å². The van der Waals surface area contributed by atoms with Crippen LogP contribution in [-0.4, -0.2) is 34.4 Å². The highest BCUT2D eigenvalue weighted by atomic mass is 16.2. The number of nitrogens with one attached hydrogen (secondary N) is 1. The monoisotopic (exact) mass is 244 g/mol. The zero-order chi connectivity index (χ0) is 13.1. The van der Waals surface area contributed by atoms with Crippen molar-refractivity contribution in [2.45, 2.75) is 32.4 Å². The Morgan fingerprint density at radius 3 is 2.83 bits per heavy atom. The lowest BCUT2D eigenvalue weighted by molar-refractivity contribution is -0.129. The fourth-order valence-corrected chi connectivity index (χ4v) is 2.08. The summed E-state index contributed by atoms with van der Waals surface area (Å²) in [6.45, 7) is 4.73. The van der Waals surface area contributed by atoms with Crippen LogP contribution < -0.4 is 5.32 Å². The van der Waals surface area contributed by atoms with Gasteiger partial charge in [-0.2, -0.15) is 5.26 Å². The van der Waals surface area contributed by atoms with E-state index in [1.807, 2.05) is 24.8 Å². The van der Waals surface area contributed by atoms with Crippen LogP contribution >= 0.6 is 0 Å².